The number of carbonyl (C=O) groups is 1. The molecule has 1 saturated heterocycles. The fourth-order valence-electron chi connectivity index (χ4n) is 1.39. The highest BCUT2D eigenvalue weighted by Crippen LogP contribution is 2.34. The van der Waals surface area contributed by atoms with Gasteiger partial charge in [0.2, 0.25) is 10.0 Å². The van der Waals surface area contributed by atoms with Gasteiger partial charge in [0, 0.05) is 13.1 Å². The third-order valence-corrected chi connectivity index (χ3v) is 6.38. The first-order valence-electron chi connectivity index (χ1n) is 4.53. The van der Waals surface area contributed by atoms with E-state index < -0.39 is 22.1 Å². The van der Waals surface area contributed by atoms with Crippen LogP contribution in [-0.2, 0) is 10.0 Å². The second kappa shape index (κ2) is 4.32. The van der Waals surface area contributed by atoms with Crippen LogP contribution in [0.5, 0.6) is 0 Å². The number of carboxylic acids is 1. The maximum absolute atomic E-state index is 12.0. The molecule has 0 aromatic carbocycles. The molecule has 1 aliphatic rings. The van der Waals surface area contributed by atoms with E-state index in [0.29, 0.717) is 0 Å². The molecule has 1 fully saturated rings. The summed E-state index contributed by atoms with van der Waals surface area (Å²) >= 11 is 3.90. The van der Waals surface area contributed by atoms with E-state index in [1.54, 1.807) is 0 Å². The molecule has 0 spiro atoms. The lowest BCUT2D eigenvalue weighted by molar-refractivity contribution is 0.0547. The highest BCUT2D eigenvalue weighted by atomic mass is 79.9. The second-order valence-corrected chi connectivity index (χ2v) is 7.81. The fourth-order valence-corrected chi connectivity index (χ4v) is 5.25. The van der Waals surface area contributed by atoms with Gasteiger partial charge in [0.1, 0.15) is 9.77 Å². The number of aromatic carboxylic acids is 1. The zero-order chi connectivity index (χ0) is 12.8. The monoisotopic (exact) mass is 341 g/mol. The Labute approximate surface area is 110 Å². The van der Waals surface area contributed by atoms with E-state index in [1.807, 2.05) is 0 Å². The minimum atomic E-state index is -3.70. The first-order valence-corrected chi connectivity index (χ1v) is 7.58. The van der Waals surface area contributed by atoms with Crippen molar-refractivity contribution in [2.24, 2.45) is 0 Å². The lowest BCUT2D eigenvalue weighted by atomic mass is 10.2. The van der Waals surface area contributed by atoms with E-state index in [4.69, 9.17) is 10.2 Å². The number of aliphatic hydroxyl groups is 1. The number of β-amino-alcohol motifs (C(OH)–C–C–N with tert-alkyl or cyclic N) is 1. The van der Waals surface area contributed by atoms with E-state index >= 15 is 0 Å². The molecule has 1 aromatic rings. The van der Waals surface area contributed by atoms with Gasteiger partial charge in [0.15, 0.2) is 0 Å². The SMILES string of the molecule is O=C(O)c1cc(S(=O)(=O)N2CC(O)C2)c(Br)s1. The number of halogens is 1. The Kier molecular flexibility index (Phi) is 3.29. The normalized spacial score (nSPS) is 18.0. The first kappa shape index (κ1) is 13.0. The van der Waals surface area contributed by atoms with Crippen LogP contribution in [0, 0.1) is 0 Å². The molecule has 94 valence electrons. The van der Waals surface area contributed by atoms with Crippen molar-refractivity contribution in [3.05, 3.63) is 14.7 Å². The number of rotatable bonds is 3. The Balaban J connectivity index is 2.37. The van der Waals surface area contributed by atoms with Gasteiger partial charge in [-0.3, -0.25) is 0 Å². The van der Waals surface area contributed by atoms with Gasteiger partial charge in [-0.2, -0.15) is 4.31 Å². The molecule has 2 heterocycles. The van der Waals surface area contributed by atoms with Crippen molar-refractivity contribution in [2.75, 3.05) is 13.1 Å². The molecule has 0 radical (unpaired) electrons. The van der Waals surface area contributed by atoms with Crippen LogP contribution in [-0.4, -0.2) is 48.1 Å². The topological polar surface area (TPSA) is 94.9 Å². The first-order chi connectivity index (χ1) is 7.82. The molecule has 0 aliphatic carbocycles. The summed E-state index contributed by atoms with van der Waals surface area (Å²) in [5.74, 6) is -1.17. The third kappa shape index (κ3) is 2.25. The Morgan fingerprint density at radius 1 is 1.53 bits per heavy atom. The average molecular weight is 342 g/mol. The van der Waals surface area contributed by atoms with Gasteiger partial charge in [-0.15, -0.1) is 11.3 Å². The van der Waals surface area contributed by atoms with Crippen LogP contribution in [0.25, 0.3) is 0 Å². The van der Waals surface area contributed by atoms with Crippen molar-refractivity contribution in [3.63, 3.8) is 0 Å². The van der Waals surface area contributed by atoms with Gasteiger partial charge in [-0.25, -0.2) is 13.2 Å². The van der Waals surface area contributed by atoms with Crippen LogP contribution in [0.2, 0.25) is 0 Å². The zero-order valence-electron chi connectivity index (χ0n) is 8.33. The molecule has 1 aliphatic heterocycles. The molecular weight excluding hydrogens is 334 g/mol. The smallest absolute Gasteiger partial charge is 0.345 e. The molecule has 2 N–H and O–H groups in total. The largest absolute Gasteiger partial charge is 0.477 e. The highest BCUT2D eigenvalue weighted by molar-refractivity contribution is 9.11. The Morgan fingerprint density at radius 2 is 2.12 bits per heavy atom. The second-order valence-electron chi connectivity index (χ2n) is 3.53. The van der Waals surface area contributed by atoms with Gasteiger partial charge in [-0.05, 0) is 22.0 Å². The summed E-state index contributed by atoms with van der Waals surface area (Å²) in [5, 5.41) is 17.9. The summed E-state index contributed by atoms with van der Waals surface area (Å²) in [5.41, 5.74) is 0. The number of hydrogen-bond donors (Lipinski definition) is 2. The van der Waals surface area contributed by atoms with Crippen LogP contribution in [0.1, 0.15) is 9.67 Å². The molecule has 1 aromatic heterocycles. The molecule has 6 nitrogen and oxygen atoms in total. The summed E-state index contributed by atoms with van der Waals surface area (Å²) in [6.45, 7) is 0.0973. The molecule has 9 heteroatoms. The predicted octanol–water partition coefficient (Wildman–Crippen LogP) is 0.574. The standard InChI is InChI=1S/C8H8BrNO5S2/c9-7-6(1-5(16-7)8(12)13)17(14,15)10-2-4(11)3-10/h1,4,11H,2-3H2,(H,12,13). The number of hydrogen-bond acceptors (Lipinski definition) is 5. The molecular formula is C8H8BrNO5S2. The number of nitrogens with zero attached hydrogens (tertiary/aromatic N) is 1. The Hall–Kier alpha value is -0.480. The van der Waals surface area contributed by atoms with Gasteiger partial charge in [-0.1, -0.05) is 0 Å². The highest BCUT2D eigenvalue weighted by Gasteiger charge is 2.37. The number of thiophene rings is 1. The molecule has 17 heavy (non-hydrogen) atoms. The Morgan fingerprint density at radius 3 is 2.53 bits per heavy atom. The van der Waals surface area contributed by atoms with Crippen molar-refractivity contribution in [1.82, 2.24) is 4.31 Å². The van der Waals surface area contributed by atoms with Crippen LogP contribution >= 0.6 is 27.3 Å². The molecule has 2 rings (SSSR count). The fraction of sp³-hybridized carbons (Fsp3) is 0.375. The van der Waals surface area contributed by atoms with E-state index in [2.05, 4.69) is 15.9 Å². The zero-order valence-corrected chi connectivity index (χ0v) is 11.5. The van der Waals surface area contributed by atoms with E-state index in [9.17, 15) is 13.2 Å². The summed E-state index contributed by atoms with van der Waals surface area (Å²) in [6.07, 6.45) is -0.638. The van der Waals surface area contributed by atoms with Crippen LogP contribution in [0.3, 0.4) is 0 Å². The van der Waals surface area contributed by atoms with E-state index in [0.717, 1.165) is 21.7 Å². The van der Waals surface area contributed by atoms with Crippen molar-refractivity contribution in [3.8, 4) is 0 Å². The molecule has 0 atom stereocenters. The van der Waals surface area contributed by atoms with Crippen molar-refractivity contribution in [1.29, 1.82) is 0 Å². The summed E-state index contributed by atoms with van der Waals surface area (Å²) in [6, 6.07) is 1.12. The molecule has 0 saturated carbocycles. The Bertz CT molecular complexity index is 560. The quantitative estimate of drug-likeness (QED) is 0.838. The van der Waals surface area contributed by atoms with Gasteiger partial charge < -0.3 is 10.2 Å². The van der Waals surface area contributed by atoms with Gasteiger partial charge in [0.25, 0.3) is 0 Å². The van der Waals surface area contributed by atoms with E-state index in [1.165, 1.54) is 0 Å². The number of sulfonamides is 1. The maximum Gasteiger partial charge on any atom is 0.345 e. The lowest BCUT2D eigenvalue weighted by Gasteiger charge is -2.34. The van der Waals surface area contributed by atoms with Crippen molar-refractivity contribution < 1.29 is 23.4 Å². The summed E-state index contributed by atoms with van der Waals surface area (Å²) < 4.78 is 25.4. The van der Waals surface area contributed by atoms with Gasteiger partial charge in [0.05, 0.1) is 9.89 Å². The molecule has 0 amide bonds. The van der Waals surface area contributed by atoms with E-state index in [-0.39, 0.29) is 26.6 Å². The number of aliphatic hydroxyl groups excluding tert-OH is 1. The predicted molar refractivity (Wildman–Crippen MR) is 63.7 cm³/mol. The third-order valence-electron chi connectivity index (χ3n) is 2.31. The molecule has 0 bridgehead atoms. The summed E-state index contributed by atoms with van der Waals surface area (Å²) in [7, 11) is -3.70. The minimum Gasteiger partial charge on any atom is -0.477 e. The summed E-state index contributed by atoms with van der Waals surface area (Å²) in [4.78, 5) is 10.6. The minimum absolute atomic E-state index is 0.0449. The van der Waals surface area contributed by atoms with Crippen LogP contribution in [0.15, 0.2) is 14.7 Å². The maximum atomic E-state index is 12.0. The van der Waals surface area contributed by atoms with Crippen molar-refractivity contribution in [2.45, 2.75) is 11.0 Å². The lowest BCUT2D eigenvalue weighted by Crippen LogP contribution is -2.53. The number of carboxylic acid groups (broad SMARTS) is 1. The van der Waals surface area contributed by atoms with Crippen LogP contribution in [0.4, 0.5) is 0 Å². The van der Waals surface area contributed by atoms with Gasteiger partial charge >= 0.3 is 5.97 Å². The average Bonchev–Trinajstić information content (AvgIpc) is 2.56. The molecule has 0 unspecified atom stereocenters. The van der Waals surface area contributed by atoms with Crippen molar-refractivity contribution >= 4 is 43.3 Å². The van der Waals surface area contributed by atoms with Crippen LogP contribution < -0.4 is 0 Å².